The van der Waals surface area contributed by atoms with Crippen molar-refractivity contribution >= 4 is 5.97 Å². The Hall–Kier alpha value is -1.75. The lowest BCUT2D eigenvalue weighted by atomic mass is 10.2. The van der Waals surface area contributed by atoms with Gasteiger partial charge in [0, 0.05) is 6.54 Å². The van der Waals surface area contributed by atoms with E-state index in [0.29, 0.717) is 13.2 Å². The Morgan fingerprint density at radius 2 is 2.00 bits per heavy atom. The molecule has 1 unspecified atom stereocenters. The van der Waals surface area contributed by atoms with Crippen LogP contribution in [0.2, 0.25) is 0 Å². The number of esters is 1. The quantitative estimate of drug-likeness (QED) is 0.721. The van der Waals surface area contributed by atoms with Crippen molar-refractivity contribution in [3.8, 4) is 11.5 Å². The molecule has 2 rings (SSSR count). The third-order valence-corrected chi connectivity index (χ3v) is 3.63. The number of ether oxygens (including phenoxy) is 3. The average Bonchev–Trinajstić information content (AvgIpc) is 2.97. The zero-order chi connectivity index (χ0) is 15.1. The monoisotopic (exact) mass is 293 g/mol. The Labute approximate surface area is 125 Å². The normalized spacial score (nSPS) is 18.5. The fourth-order valence-electron chi connectivity index (χ4n) is 2.55. The van der Waals surface area contributed by atoms with Crippen LogP contribution in [-0.2, 0) is 9.53 Å². The van der Waals surface area contributed by atoms with Crippen LogP contribution in [0.15, 0.2) is 24.3 Å². The van der Waals surface area contributed by atoms with Crippen LogP contribution in [0.4, 0.5) is 0 Å². The number of carbonyl (C=O) groups is 1. The zero-order valence-corrected chi connectivity index (χ0v) is 12.7. The molecule has 21 heavy (non-hydrogen) atoms. The Kier molecular flexibility index (Phi) is 5.87. The lowest BCUT2D eigenvalue weighted by Crippen LogP contribution is -2.39. The first-order valence-electron chi connectivity index (χ1n) is 7.42. The number of hydrogen-bond donors (Lipinski definition) is 0. The van der Waals surface area contributed by atoms with Crippen molar-refractivity contribution < 1.29 is 19.0 Å². The Morgan fingerprint density at radius 1 is 1.29 bits per heavy atom. The SMILES string of the molecule is CCOC(=O)C1CCCN1CCOc1ccc(OC)cc1. The van der Waals surface area contributed by atoms with E-state index in [0.717, 1.165) is 37.4 Å². The van der Waals surface area contributed by atoms with Gasteiger partial charge in [-0.3, -0.25) is 9.69 Å². The lowest BCUT2D eigenvalue weighted by Gasteiger charge is -2.22. The van der Waals surface area contributed by atoms with Gasteiger partial charge in [-0.25, -0.2) is 0 Å². The molecule has 5 heteroatoms. The number of carbonyl (C=O) groups excluding carboxylic acids is 1. The average molecular weight is 293 g/mol. The summed E-state index contributed by atoms with van der Waals surface area (Å²) in [7, 11) is 1.64. The van der Waals surface area contributed by atoms with E-state index in [4.69, 9.17) is 14.2 Å². The lowest BCUT2D eigenvalue weighted by molar-refractivity contribution is -0.148. The van der Waals surface area contributed by atoms with E-state index >= 15 is 0 Å². The van der Waals surface area contributed by atoms with Crippen molar-refractivity contribution in [2.75, 3.05) is 33.4 Å². The summed E-state index contributed by atoms with van der Waals surface area (Å²) in [5.41, 5.74) is 0. The number of rotatable bonds is 7. The van der Waals surface area contributed by atoms with Crippen LogP contribution in [-0.4, -0.2) is 50.3 Å². The largest absolute Gasteiger partial charge is 0.497 e. The van der Waals surface area contributed by atoms with Crippen LogP contribution in [0.25, 0.3) is 0 Å². The summed E-state index contributed by atoms with van der Waals surface area (Å²) in [4.78, 5) is 14.0. The molecular weight excluding hydrogens is 270 g/mol. The molecule has 1 atom stereocenters. The summed E-state index contributed by atoms with van der Waals surface area (Å²) < 4.78 is 15.9. The fourth-order valence-corrected chi connectivity index (χ4v) is 2.55. The van der Waals surface area contributed by atoms with E-state index < -0.39 is 0 Å². The number of likely N-dealkylation sites (tertiary alicyclic amines) is 1. The van der Waals surface area contributed by atoms with Crippen molar-refractivity contribution in [2.45, 2.75) is 25.8 Å². The molecule has 0 radical (unpaired) electrons. The highest BCUT2D eigenvalue weighted by molar-refractivity contribution is 5.76. The van der Waals surface area contributed by atoms with Gasteiger partial charge in [0.05, 0.1) is 13.7 Å². The van der Waals surface area contributed by atoms with Crippen molar-refractivity contribution in [2.24, 2.45) is 0 Å². The second-order valence-corrected chi connectivity index (χ2v) is 4.97. The molecule has 0 aromatic heterocycles. The topological polar surface area (TPSA) is 48.0 Å². The molecule has 0 aliphatic carbocycles. The van der Waals surface area contributed by atoms with Gasteiger partial charge in [0.1, 0.15) is 24.1 Å². The molecule has 116 valence electrons. The van der Waals surface area contributed by atoms with E-state index in [9.17, 15) is 4.79 Å². The molecule has 5 nitrogen and oxygen atoms in total. The summed E-state index contributed by atoms with van der Waals surface area (Å²) in [5.74, 6) is 1.51. The molecule has 0 amide bonds. The minimum absolute atomic E-state index is 0.107. The molecule has 0 spiro atoms. The fraction of sp³-hybridized carbons (Fsp3) is 0.562. The van der Waals surface area contributed by atoms with Gasteiger partial charge < -0.3 is 14.2 Å². The van der Waals surface area contributed by atoms with Crippen LogP contribution >= 0.6 is 0 Å². The molecule has 0 N–H and O–H groups in total. The second kappa shape index (κ2) is 7.88. The van der Waals surface area contributed by atoms with E-state index in [-0.39, 0.29) is 12.0 Å². The minimum atomic E-state index is -0.112. The highest BCUT2D eigenvalue weighted by Gasteiger charge is 2.31. The summed E-state index contributed by atoms with van der Waals surface area (Å²) in [6, 6.07) is 7.39. The van der Waals surface area contributed by atoms with E-state index in [1.54, 1.807) is 7.11 Å². The first kappa shape index (κ1) is 15.6. The predicted molar refractivity (Wildman–Crippen MR) is 79.7 cm³/mol. The van der Waals surface area contributed by atoms with Gasteiger partial charge in [-0.05, 0) is 50.6 Å². The van der Waals surface area contributed by atoms with Crippen molar-refractivity contribution in [3.05, 3.63) is 24.3 Å². The van der Waals surface area contributed by atoms with E-state index in [1.165, 1.54) is 0 Å². The number of nitrogens with zero attached hydrogens (tertiary/aromatic N) is 1. The predicted octanol–water partition coefficient (Wildman–Crippen LogP) is 2.10. The molecule has 1 aliphatic rings. The third kappa shape index (κ3) is 4.36. The molecule has 1 aromatic carbocycles. The third-order valence-electron chi connectivity index (χ3n) is 3.63. The van der Waals surface area contributed by atoms with Gasteiger partial charge in [-0.2, -0.15) is 0 Å². The molecule has 0 bridgehead atoms. The van der Waals surface area contributed by atoms with Crippen LogP contribution in [0.1, 0.15) is 19.8 Å². The maximum absolute atomic E-state index is 11.8. The number of benzene rings is 1. The van der Waals surface area contributed by atoms with Crippen molar-refractivity contribution in [3.63, 3.8) is 0 Å². The van der Waals surface area contributed by atoms with Crippen LogP contribution < -0.4 is 9.47 Å². The summed E-state index contributed by atoms with van der Waals surface area (Å²) in [5, 5.41) is 0. The number of methoxy groups -OCH3 is 1. The minimum Gasteiger partial charge on any atom is -0.497 e. The highest BCUT2D eigenvalue weighted by atomic mass is 16.5. The van der Waals surface area contributed by atoms with Gasteiger partial charge in [0.25, 0.3) is 0 Å². The highest BCUT2D eigenvalue weighted by Crippen LogP contribution is 2.19. The Morgan fingerprint density at radius 3 is 2.67 bits per heavy atom. The molecule has 1 heterocycles. The second-order valence-electron chi connectivity index (χ2n) is 4.97. The summed E-state index contributed by atoms with van der Waals surface area (Å²) in [6.45, 7) is 4.49. The zero-order valence-electron chi connectivity index (χ0n) is 12.7. The van der Waals surface area contributed by atoms with Crippen LogP contribution in [0, 0.1) is 0 Å². The van der Waals surface area contributed by atoms with Crippen molar-refractivity contribution in [1.29, 1.82) is 0 Å². The van der Waals surface area contributed by atoms with Gasteiger partial charge in [0.2, 0.25) is 0 Å². The summed E-state index contributed by atoms with van der Waals surface area (Å²) >= 11 is 0. The maximum atomic E-state index is 11.8. The van der Waals surface area contributed by atoms with Crippen LogP contribution in [0.3, 0.4) is 0 Å². The molecule has 0 saturated carbocycles. The van der Waals surface area contributed by atoms with E-state index in [2.05, 4.69) is 4.90 Å². The first-order chi connectivity index (χ1) is 10.2. The van der Waals surface area contributed by atoms with E-state index in [1.807, 2.05) is 31.2 Å². The Bertz CT molecular complexity index is 446. The summed E-state index contributed by atoms with van der Waals surface area (Å²) in [6.07, 6.45) is 1.91. The van der Waals surface area contributed by atoms with Crippen molar-refractivity contribution in [1.82, 2.24) is 4.90 Å². The van der Waals surface area contributed by atoms with Gasteiger partial charge in [0.15, 0.2) is 0 Å². The van der Waals surface area contributed by atoms with Gasteiger partial charge in [-0.15, -0.1) is 0 Å². The van der Waals surface area contributed by atoms with Gasteiger partial charge >= 0.3 is 5.97 Å². The molecular formula is C16H23NO4. The first-order valence-corrected chi connectivity index (χ1v) is 7.42. The maximum Gasteiger partial charge on any atom is 0.323 e. The number of hydrogen-bond acceptors (Lipinski definition) is 5. The standard InChI is InChI=1S/C16H23NO4/c1-3-20-16(18)15-5-4-10-17(15)11-12-21-14-8-6-13(19-2)7-9-14/h6-9,15H,3-5,10-12H2,1-2H3. The molecule has 1 fully saturated rings. The van der Waals surface area contributed by atoms with Gasteiger partial charge in [-0.1, -0.05) is 0 Å². The molecule has 1 aromatic rings. The molecule has 1 saturated heterocycles. The Balaban J connectivity index is 1.77. The molecule has 1 aliphatic heterocycles. The smallest absolute Gasteiger partial charge is 0.323 e. The van der Waals surface area contributed by atoms with Crippen LogP contribution in [0.5, 0.6) is 11.5 Å².